The largest absolute Gasteiger partial charge is 0.288 e. The van der Waals surface area contributed by atoms with Gasteiger partial charge in [-0.25, -0.2) is 4.98 Å². The first-order valence-electron chi connectivity index (χ1n) is 11.2. The summed E-state index contributed by atoms with van der Waals surface area (Å²) in [5, 5.41) is 10.4. The summed E-state index contributed by atoms with van der Waals surface area (Å²) in [6.45, 7) is 0.787. The normalized spacial score (nSPS) is 14.8. The number of hydrogen-bond acceptors (Lipinski definition) is 4. The van der Waals surface area contributed by atoms with Crippen LogP contribution in [0.15, 0.2) is 59.9 Å². The summed E-state index contributed by atoms with van der Waals surface area (Å²) in [5.41, 5.74) is 11.8. The van der Waals surface area contributed by atoms with Crippen LogP contribution in [0.25, 0.3) is 44.3 Å². The van der Waals surface area contributed by atoms with E-state index in [0.717, 1.165) is 47.4 Å². The molecule has 1 aliphatic carbocycles. The summed E-state index contributed by atoms with van der Waals surface area (Å²) in [6.07, 6.45) is 10.2. The van der Waals surface area contributed by atoms with Crippen molar-refractivity contribution in [1.82, 2.24) is 20.2 Å². The van der Waals surface area contributed by atoms with Crippen molar-refractivity contribution < 1.29 is 0 Å². The molecule has 5 nitrogen and oxygen atoms in total. The van der Waals surface area contributed by atoms with E-state index >= 15 is 0 Å². The molecule has 0 unspecified atom stereocenters. The highest BCUT2D eigenvalue weighted by Gasteiger charge is 2.23. The van der Waals surface area contributed by atoms with E-state index in [2.05, 4.69) is 50.5 Å². The van der Waals surface area contributed by atoms with Crippen LogP contribution in [0.4, 0.5) is 0 Å². The van der Waals surface area contributed by atoms with Gasteiger partial charge in [0.2, 0.25) is 0 Å². The topological polar surface area (TPSA) is 66.8 Å². The van der Waals surface area contributed by atoms with Gasteiger partial charge in [-0.15, -0.1) is 0 Å². The van der Waals surface area contributed by atoms with Crippen molar-refractivity contribution >= 4 is 28.0 Å². The van der Waals surface area contributed by atoms with E-state index in [1.165, 1.54) is 51.4 Å². The lowest BCUT2D eigenvalue weighted by Crippen LogP contribution is -2.08. The van der Waals surface area contributed by atoms with Gasteiger partial charge in [0.1, 0.15) is 5.69 Å². The average molecular weight is 416 g/mol. The van der Waals surface area contributed by atoms with Crippen LogP contribution in [-0.4, -0.2) is 26.4 Å². The van der Waals surface area contributed by atoms with Gasteiger partial charge in [0.05, 0.1) is 23.3 Å². The molecule has 1 aliphatic heterocycles. The molecule has 32 heavy (non-hydrogen) atoms. The summed E-state index contributed by atoms with van der Waals surface area (Å²) in [6, 6.07) is 15.0. The lowest BCUT2D eigenvalue weighted by molar-refractivity contribution is 0.689. The molecule has 0 amide bonds. The van der Waals surface area contributed by atoms with Crippen molar-refractivity contribution in [2.45, 2.75) is 32.2 Å². The number of H-pyrrole nitrogens is 1. The molecule has 0 radical (unpaired) electrons. The minimum absolute atomic E-state index is 0.787. The maximum Gasteiger partial charge on any atom is 0.101 e. The smallest absolute Gasteiger partial charge is 0.101 e. The minimum atomic E-state index is 0.787. The Balaban J connectivity index is 1.55. The minimum Gasteiger partial charge on any atom is -0.288 e. The number of pyridine rings is 2. The number of fused-ring (bicyclic) bond motifs is 6. The van der Waals surface area contributed by atoms with E-state index in [1.807, 2.05) is 30.7 Å². The molecule has 5 heteroatoms. The summed E-state index contributed by atoms with van der Waals surface area (Å²) in [7, 11) is 0. The first-order valence-corrected chi connectivity index (χ1v) is 11.2. The number of hydrogen-bond donors (Lipinski definition) is 1. The van der Waals surface area contributed by atoms with Crippen molar-refractivity contribution in [2.24, 2.45) is 4.99 Å². The second-order valence-corrected chi connectivity index (χ2v) is 8.70. The first-order chi connectivity index (χ1) is 15.9. The van der Waals surface area contributed by atoms with Gasteiger partial charge in [0, 0.05) is 40.5 Å². The molecule has 0 atom stereocenters. The monoisotopic (exact) mass is 415 g/mol. The third-order valence-electron chi connectivity index (χ3n) is 6.86. The van der Waals surface area contributed by atoms with E-state index < -0.39 is 0 Å². The molecule has 154 valence electrons. The Bertz CT molecular complexity index is 1550. The van der Waals surface area contributed by atoms with E-state index in [1.54, 1.807) is 0 Å². The van der Waals surface area contributed by atoms with Crippen molar-refractivity contribution in [3.05, 3.63) is 77.1 Å². The van der Waals surface area contributed by atoms with Crippen LogP contribution in [0.2, 0.25) is 0 Å². The molecular formula is C27H21N5. The van der Waals surface area contributed by atoms with Gasteiger partial charge in [-0.2, -0.15) is 5.10 Å². The SMILES string of the molecule is C1=NCc2ccc(-c3nc4ccc5[nH]nc(-c6ccncc6)c5c4c4c3CCCC4)cc21. The third kappa shape index (κ3) is 2.57. The zero-order chi connectivity index (χ0) is 21.1. The van der Waals surface area contributed by atoms with Gasteiger partial charge in [-0.3, -0.25) is 15.1 Å². The number of aromatic nitrogens is 4. The van der Waals surface area contributed by atoms with Crippen molar-refractivity contribution in [3.8, 4) is 22.5 Å². The third-order valence-corrected chi connectivity index (χ3v) is 6.86. The number of nitrogens with zero attached hydrogens (tertiary/aromatic N) is 4. The number of aryl methyl sites for hydroxylation is 1. The number of benzene rings is 2. The second kappa shape index (κ2) is 6.82. The van der Waals surface area contributed by atoms with Gasteiger partial charge in [-0.05, 0) is 78.3 Å². The quantitative estimate of drug-likeness (QED) is 0.405. The summed E-state index contributed by atoms with van der Waals surface area (Å²) >= 11 is 0. The van der Waals surface area contributed by atoms with Gasteiger partial charge in [-0.1, -0.05) is 12.1 Å². The molecule has 0 saturated carbocycles. The fourth-order valence-electron chi connectivity index (χ4n) is 5.34. The highest BCUT2D eigenvalue weighted by Crippen LogP contribution is 2.40. The Morgan fingerprint density at radius 2 is 1.66 bits per heavy atom. The molecule has 0 bridgehead atoms. The zero-order valence-corrected chi connectivity index (χ0v) is 17.6. The molecule has 2 aliphatic rings. The standard InChI is InChI=1S/C27H21N5/c1-2-4-21-20(3-1)24-22(30-26(21)17-5-6-18-14-29-15-19(18)13-17)7-8-23-25(24)27(32-31-23)16-9-11-28-12-10-16/h5-13,15H,1-4,14H2,(H,31,32). The van der Waals surface area contributed by atoms with Crippen molar-refractivity contribution in [1.29, 1.82) is 0 Å². The summed E-state index contributed by atoms with van der Waals surface area (Å²) < 4.78 is 0. The van der Waals surface area contributed by atoms with Crippen LogP contribution in [0, 0.1) is 0 Å². The van der Waals surface area contributed by atoms with Crippen LogP contribution >= 0.6 is 0 Å². The molecule has 5 aromatic rings. The first kappa shape index (κ1) is 17.8. The highest BCUT2D eigenvalue weighted by molar-refractivity contribution is 6.13. The Morgan fingerprint density at radius 1 is 0.781 bits per heavy atom. The fourth-order valence-corrected chi connectivity index (χ4v) is 5.34. The predicted octanol–water partition coefficient (Wildman–Crippen LogP) is 5.65. The second-order valence-electron chi connectivity index (χ2n) is 8.70. The molecule has 0 spiro atoms. The van der Waals surface area contributed by atoms with Crippen molar-refractivity contribution in [2.75, 3.05) is 0 Å². The van der Waals surface area contributed by atoms with Crippen molar-refractivity contribution in [3.63, 3.8) is 0 Å². The predicted molar refractivity (Wildman–Crippen MR) is 128 cm³/mol. The molecule has 0 saturated heterocycles. The average Bonchev–Trinajstić information content (AvgIpc) is 3.50. The van der Waals surface area contributed by atoms with E-state index in [0.29, 0.717) is 0 Å². The number of nitrogens with one attached hydrogen (secondary N) is 1. The molecule has 2 aromatic carbocycles. The van der Waals surface area contributed by atoms with E-state index in [4.69, 9.17) is 4.98 Å². The van der Waals surface area contributed by atoms with Gasteiger partial charge >= 0.3 is 0 Å². The summed E-state index contributed by atoms with van der Waals surface area (Å²) in [4.78, 5) is 13.9. The lowest BCUT2D eigenvalue weighted by Gasteiger charge is -2.22. The molecule has 1 N–H and O–H groups in total. The number of aliphatic imine (C=N–C) groups is 1. The Hall–Kier alpha value is -3.86. The molecule has 3 aromatic heterocycles. The molecule has 7 rings (SSSR count). The fraction of sp³-hybridized carbons (Fsp3) is 0.185. The lowest BCUT2D eigenvalue weighted by atomic mass is 9.84. The highest BCUT2D eigenvalue weighted by atomic mass is 15.1. The number of aromatic amines is 1. The van der Waals surface area contributed by atoms with E-state index in [9.17, 15) is 0 Å². The van der Waals surface area contributed by atoms with Crippen LogP contribution in [0.5, 0.6) is 0 Å². The van der Waals surface area contributed by atoms with Crippen LogP contribution in [0.3, 0.4) is 0 Å². The van der Waals surface area contributed by atoms with Gasteiger partial charge in [0.25, 0.3) is 0 Å². The Kier molecular flexibility index (Phi) is 3.79. The zero-order valence-electron chi connectivity index (χ0n) is 17.6. The van der Waals surface area contributed by atoms with Gasteiger partial charge in [0.15, 0.2) is 0 Å². The van der Waals surface area contributed by atoms with Gasteiger partial charge < -0.3 is 0 Å². The maximum absolute atomic E-state index is 5.25. The Labute approximate surface area is 185 Å². The number of rotatable bonds is 2. The molecule has 0 fully saturated rings. The summed E-state index contributed by atoms with van der Waals surface area (Å²) in [5.74, 6) is 0. The molecule has 4 heterocycles. The Morgan fingerprint density at radius 3 is 2.56 bits per heavy atom. The van der Waals surface area contributed by atoms with E-state index in [-0.39, 0.29) is 0 Å². The van der Waals surface area contributed by atoms with Crippen LogP contribution < -0.4 is 0 Å². The van der Waals surface area contributed by atoms with Crippen LogP contribution in [-0.2, 0) is 19.4 Å². The molecular weight excluding hydrogens is 394 g/mol. The maximum atomic E-state index is 5.25. The van der Waals surface area contributed by atoms with Crippen LogP contribution in [0.1, 0.15) is 35.1 Å².